The number of pyridine rings is 1. The molecule has 5 rings (SSSR count). The van der Waals surface area contributed by atoms with Crippen LogP contribution in [0.4, 0.5) is 11.6 Å². The molecule has 0 saturated carbocycles. The number of rotatable bonds is 6. The minimum absolute atomic E-state index is 0.0829. The molecule has 1 atom stereocenters. The van der Waals surface area contributed by atoms with E-state index in [0.29, 0.717) is 41.0 Å². The van der Waals surface area contributed by atoms with Crippen molar-refractivity contribution in [3.8, 4) is 22.8 Å². The molecule has 14 heteroatoms. The summed E-state index contributed by atoms with van der Waals surface area (Å²) in [4.78, 5) is 27.1. The van der Waals surface area contributed by atoms with E-state index in [1.54, 1.807) is 37.5 Å². The van der Waals surface area contributed by atoms with Crippen LogP contribution in [-0.2, 0) is 15.6 Å². The predicted molar refractivity (Wildman–Crippen MR) is 128 cm³/mol. The van der Waals surface area contributed by atoms with E-state index in [-0.39, 0.29) is 12.2 Å². The van der Waals surface area contributed by atoms with Gasteiger partial charge in [0.1, 0.15) is 5.69 Å². The van der Waals surface area contributed by atoms with E-state index in [1.807, 2.05) is 0 Å². The van der Waals surface area contributed by atoms with E-state index in [0.717, 1.165) is 0 Å². The first kappa shape index (κ1) is 22.8. The highest BCUT2D eigenvalue weighted by Gasteiger charge is 2.48. The summed E-state index contributed by atoms with van der Waals surface area (Å²) in [5.41, 5.74) is 0.766. The minimum Gasteiger partial charge on any atom is -0.373 e. The Bertz CT molecular complexity index is 1400. The molecule has 0 aromatic carbocycles. The van der Waals surface area contributed by atoms with Crippen LogP contribution in [0.3, 0.4) is 0 Å². The first-order chi connectivity index (χ1) is 16.6. The number of nitrogens with zero attached hydrogens (tertiary/aromatic N) is 7. The molecule has 5 heterocycles. The van der Waals surface area contributed by atoms with Crippen LogP contribution in [0, 0.1) is 0 Å². The summed E-state index contributed by atoms with van der Waals surface area (Å²) in [5, 5.41) is 20.2. The molecule has 0 aliphatic carbocycles. The summed E-state index contributed by atoms with van der Waals surface area (Å²) in [7, 11) is 18.5. The van der Waals surface area contributed by atoms with E-state index in [4.69, 9.17) is 28.1 Å². The van der Waals surface area contributed by atoms with Crippen molar-refractivity contribution in [1.29, 1.82) is 0 Å². The van der Waals surface area contributed by atoms with Gasteiger partial charge in [-0.05, 0) is 23.4 Å². The van der Waals surface area contributed by atoms with Crippen molar-refractivity contribution in [2.45, 2.75) is 17.3 Å². The van der Waals surface area contributed by atoms with Crippen molar-refractivity contribution in [3.05, 3.63) is 54.7 Å². The topological polar surface area (TPSA) is 135 Å². The molecule has 0 spiro atoms. The fourth-order valence-electron chi connectivity index (χ4n) is 3.68. The van der Waals surface area contributed by atoms with Crippen LogP contribution in [0.25, 0.3) is 22.8 Å². The van der Waals surface area contributed by atoms with Crippen molar-refractivity contribution >= 4 is 41.1 Å². The average molecular weight is 462 g/mol. The Labute approximate surface area is 204 Å². The molecular weight excluding hydrogens is 445 g/mol. The number of carbonyl (C=O) groups is 1. The summed E-state index contributed by atoms with van der Waals surface area (Å²) in [6, 6.07) is 8.54. The summed E-state index contributed by atoms with van der Waals surface area (Å²) >= 11 is 0. The molecule has 1 unspecified atom stereocenters. The fourth-order valence-corrected chi connectivity index (χ4v) is 3.68. The molecule has 1 saturated heterocycles. The van der Waals surface area contributed by atoms with Gasteiger partial charge in [-0.2, -0.15) is 5.10 Å². The zero-order chi connectivity index (χ0) is 24.8. The molecule has 1 aliphatic rings. The molecule has 6 radical (unpaired) electrons. The Balaban J connectivity index is 1.39. The smallest absolute Gasteiger partial charge is 0.262 e. The molecule has 1 fully saturated rings. The average Bonchev–Trinajstić information content (AvgIpc) is 3.57. The van der Waals surface area contributed by atoms with E-state index < -0.39 is 16.7 Å². The molecule has 4 aromatic heterocycles. The molecule has 1 aliphatic heterocycles. The van der Waals surface area contributed by atoms with Gasteiger partial charge in [0.15, 0.2) is 5.76 Å². The number of likely N-dealkylation sites (tertiary alicyclic amines) is 1. The lowest BCUT2D eigenvalue weighted by atomic mass is 9.49. The molecule has 2 N–H and O–H groups in total. The highest BCUT2D eigenvalue weighted by molar-refractivity contribution is 6.56. The third kappa shape index (κ3) is 4.32. The number of likely N-dealkylation sites (N-methyl/N-ethyl adjacent to an activating group) is 1. The molecule has 0 bridgehead atoms. The lowest BCUT2D eigenvalue weighted by Crippen LogP contribution is -2.35. The Morgan fingerprint density at radius 3 is 2.57 bits per heavy atom. The van der Waals surface area contributed by atoms with Gasteiger partial charge >= 0.3 is 0 Å². The second-order valence-corrected chi connectivity index (χ2v) is 8.27. The number of carbonyl (C=O) groups excluding carboxylic acids is 1. The van der Waals surface area contributed by atoms with Crippen LogP contribution >= 0.6 is 0 Å². The maximum atomic E-state index is 12.4. The third-order valence-corrected chi connectivity index (χ3v) is 5.59. The van der Waals surface area contributed by atoms with Crippen LogP contribution in [0.5, 0.6) is 0 Å². The molecule has 4 aromatic rings. The minimum atomic E-state index is -1.73. The van der Waals surface area contributed by atoms with Crippen LogP contribution < -0.4 is 5.32 Å². The van der Waals surface area contributed by atoms with Gasteiger partial charge in [-0.3, -0.25) is 9.48 Å². The van der Waals surface area contributed by atoms with Gasteiger partial charge in [0, 0.05) is 38.5 Å². The van der Waals surface area contributed by atoms with Crippen molar-refractivity contribution in [1.82, 2.24) is 34.8 Å². The van der Waals surface area contributed by atoms with Crippen molar-refractivity contribution in [2.24, 2.45) is 0 Å². The molecule has 35 heavy (non-hydrogen) atoms. The Morgan fingerprint density at radius 1 is 1.14 bits per heavy atom. The Morgan fingerprint density at radius 2 is 1.89 bits per heavy atom. The zero-order valence-corrected chi connectivity index (χ0v) is 18.7. The highest BCUT2D eigenvalue weighted by Crippen LogP contribution is 2.34. The van der Waals surface area contributed by atoms with Crippen molar-refractivity contribution < 1.29 is 14.4 Å². The monoisotopic (exact) mass is 462 g/mol. The maximum Gasteiger partial charge on any atom is 0.262 e. The quantitative estimate of drug-likeness (QED) is 0.387. The van der Waals surface area contributed by atoms with E-state index in [2.05, 4.69) is 30.5 Å². The molecule has 168 valence electrons. The standard InChI is InChI=1S/C21H17B3N8O3/c1-31-8-6-20(34,18(31)33)17-9-16(30-35-17)14-4-2-3-13(28-14)15-5-7-25-19(29-15)27-12-10-26-32(11-12)21(22,23)24/h2-5,7,9-11,34H,6,8H2,1H3,(H,25,27,29). The number of nitrogens with one attached hydrogen (secondary N) is 1. The Hall–Kier alpha value is -3.93. The van der Waals surface area contributed by atoms with Gasteiger partial charge in [0.05, 0.1) is 52.5 Å². The summed E-state index contributed by atoms with van der Waals surface area (Å²) in [6.07, 6.45) is 4.81. The molecular formula is C21H17B3N8O3. The van der Waals surface area contributed by atoms with Crippen molar-refractivity contribution in [2.75, 3.05) is 18.9 Å². The van der Waals surface area contributed by atoms with Crippen LogP contribution in [-0.4, -0.2) is 82.9 Å². The number of hydrogen-bond acceptors (Lipinski definition) is 9. The predicted octanol–water partition coefficient (Wildman–Crippen LogP) is 0.257. The molecule has 1 amide bonds. The van der Waals surface area contributed by atoms with E-state index in [9.17, 15) is 9.90 Å². The number of hydrogen-bond donors (Lipinski definition) is 2. The normalized spacial score (nSPS) is 18.2. The lowest BCUT2D eigenvalue weighted by molar-refractivity contribution is -0.144. The maximum absolute atomic E-state index is 12.4. The van der Waals surface area contributed by atoms with Crippen molar-refractivity contribution in [3.63, 3.8) is 0 Å². The summed E-state index contributed by atoms with van der Waals surface area (Å²) in [6.45, 7) is 0.426. The second-order valence-electron chi connectivity index (χ2n) is 8.27. The summed E-state index contributed by atoms with van der Waals surface area (Å²) < 4.78 is 6.52. The SMILES string of the molecule is [B]C([B])([B])n1cc(Nc2nccc(-c3cccc(-c4cc(C5(O)CCN(C)C5=O)on4)n3)n2)cn1. The number of aromatic nitrogens is 6. The summed E-state index contributed by atoms with van der Waals surface area (Å²) in [5.74, 6) is -0.0520. The van der Waals surface area contributed by atoms with Crippen LogP contribution in [0.15, 0.2) is 53.4 Å². The molecule has 11 nitrogen and oxygen atoms in total. The van der Waals surface area contributed by atoms with Gasteiger partial charge in [-0.15, -0.1) is 0 Å². The van der Waals surface area contributed by atoms with E-state index in [1.165, 1.54) is 28.0 Å². The first-order valence-electron chi connectivity index (χ1n) is 10.6. The fraction of sp³-hybridized carbons (Fsp3) is 0.238. The van der Waals surface area contributed by atoms with Gasteiger partial charge in [0.2, 0.25) is 11.5 Å². The lowest BCUT2D eigenvalue weighted by Gasteiger charge is -2.20. The highest BCUT2D eigenvalue weighted by atomic mass is 16.5. The largest absolute Gasteiger partial charge is 0.373 e. The number of anilines is 2. The van der Waals surface area contributed by atoms with Gasteiger partial charge < -0.3 is 19.8 Å². The van der Waals surface area contributed by atoms with E-state index >= 15 is 0 Å². The van der Waals surface area contributed by atoms with Gasteiger partial charge in [-0.1, -0.05) is 11.2 Å². The van der Waals surface area contributed by atoms with Crippen LogP contribution in [0.2, 0.25) is 0 Å². The third-order valence-electron chi connectivity index (χ3n) is 5.59. The zero-order valence-electron chi connectivity index (χ0n) is 18.7. The van der Waals surface area contributed by atoms with Gasteiger partial charge in [-0.25, -0.2) is 15.0 Å². The first-order valence-corrected chi connectivity index (χ1v) is 10.6. The van der Waals surface area contributed by atoms with Crippen LogP contribution in [0.1, 0.15) is 12.2 Å². The second kappa shape index (κ2) is 8.38. The number of amides is 1. The Kier molecular flexibility index (Phi) is 5.47. The van der Waals surface area contributed by atoms with Gasteiger partial charge in [0.25, 0.3) is 5.91 Å². The number of aliphatic hydroxyl groups is 1.